The van der Waals surface area contributed by atoms with E-state index in [-0.39, 0.29) is 18.6 Å². The molecule has 0 radical (unpaired) electrons. The van der Waals surface area contributed by atoms with Gasteiger partial charge in [0.05, 0.1) is 19.1 Å². The molecule has 1 fully saturated rings. The van der Waals surface area contributed by atoms with Crippen LogP contribution in [-0.4, -0.2) is 47.2 Å². The molecule has 0 spiro atoms. The van der Waals surface area contributed by atoms with Crippen molar-refractivity contribution in [3.05, 3.63) is 35.4 Å². The summed E-state index contributed by atoms with van der Waals surface area (Å²) in [4.78, 5) is 24.9. The fourth-order valence-corrected chi connectivity index (χ4v) is 2.37. The lowest BCUT2D eigenvalue weighted by molar-refractivity contribution is -0.166. The molecule has 0 unspecified atom stereocenters. The highest BCUT2D eigenvalue weighted by Crippen LogP contribution is 2.15. The van der Waals surface area contributed by atoms with E-state index in [2.05, 4.69) is 0 Å². The van der Waals surface area contributed by atoms with E-state index < -0.39 is 12.1 Å². The molecule has 0 aliphatic carbocycles. The van der Waals surface area contributed by atoms with Gasteiger partial charge in [-0.1, -0.05) is 24.3 Å². The Morgan fingerprint density at radius 1 is 1.35 bits per heavy atom. The fraction of sp³-hybridized carbons (Fsp3) is 0.467. The number of nitrogens with zero attached hydrogens (tertiary/aromatic N) is 1. The lowest BCUT2D eigenvalue weighted by Gasteiger charge is -2.35. The number of aliphatic carboxylic acids is 1. The smallest absolute Gasteiger partial charge is 0.334 e. The summed E-state index contributed by atoms with van der Waals surface area (Å²) in [5, 5.41) is 9.03. The Hall–Kier alpha value is -1.88. The second kappa shape index (κ2) is 6.05. The number of rotatable bonds is 3. The number of hydrogen-bond acceptors (Lipinski definition) is 3. The molecule has 2 atom stereocenters. The van der Waals surface area contributed by atoms with Gasteiger partial charge in [-0.2, -0.15) is 0 Å². The highest BCUT2D eigenvalue weighted by Gasteiger charge is 2.32. The van der Waals surface area contributed by atoms with Crippen LogP contribution >= 0.6 is 0 Å². The number of carbonyl (C=O) groups excluding carboxylic acids is 1. The average Bonchev–Trinajstić information content (AvgIpc) is 2.40. The van der Waals surface area contributed by atoms with Gasteiger partial charge in [0.25, 0.3) is 0 Å². The lowest BCUT2D eigenvalue weighted by atomic mass is 10.0. The first-order valence-electron chi connectivity index (χ1n) is 6.68. The quantitative estimate of drug-likeness (QED) is 0.902. The van der Waals surface area contributed by atoms with Gasteiger partial charge in [-0.25, -0.2) is 4.79 Å². The minimum absolute atomic E-state index is 0.0549. The first kappa shape index (κ1) is 14.5. The molecule has 2 rings (SSSR count). The van der Waals surface area contributed by atoms with E-state index in [4.69, 9.17) is 9.84 Å². The number of ether oxygens (including phenoxy) is 1. The molecule has 0 saturated carbocycles. The number of carbonyl (C=O) groups is 2. The topological polar surface area (TPSA) is 66.8 Å². The molecule has 20 heavy (non-hydrogen) atoms. The van der Waals surface area contributed by atoms with Crippen LogP contribution in [0.25, 0.3) is 0 Å². The summed E-state index contributed by atoms with van der Waals surface area (Å²) in [6, 6.07) is 7.72. The third-order valence-corrected chi connectivity index (χ3v) is 3.49. The number of amides is 1. The van der Waals surface area contributed by atoms with Gasteiger partial charge in [0.1, 0.15) is 0 Å². The maximum atomic E-state index is 12.3. The van der Waals surface area contributed by atoms with E-state index in [0.29, 0.717) is 13.0 Å². The highest BCUT2D eigenvalue weighted by atomic mass is 16.5. The Morgan fingerprint density at radius 2 is 2.05 bits per heavy atom. The minimum atomic E-state index is -1.02. The number of morpholine rings is 1. The van der Waals surface area contributed by atoms with Crippen molar-refractivity contribution in [3.8, 4) is 0 Å². The Morgan fingerprint density at radius 3 is 2.70 bits per heavy atom. The SMILES string of the molecule is Cc1ccccc1CC(=O)N1C[C@@H](C)O[C@H](C(=O)O)C1. The van der Waals surface area contributed by atoms with Crippen LogP contribution in [0.1, 0.15) is 18.1 Å². The van der Waals surface area contributed by atoms with Crippen molar-refractivity contribution in [2.24, 2.45) is 0 Å². The third kappa shape index (κ3) is 3.36. The molecule has 1 amide bonds. The maximum absolute atomic E-state index is 12.3. The second-order valence-electron chi connectivity index (χ2n) is 5.18. The number of hydrogen-bond donors (Lipinski definition) is 1. The molecule has 1 heterocycles. The zero-order valence-electron chi connectivity index (χ0n) is 11.7. The summed E-state index contributed by atoms with van der Waals surface area (Å²) in [6.45, 7) is 4.30. The van der Waals surface area contributed by atoms with Crippen LogP contribution in [0.2, 0.25) is 0 Å². The van der Waals surface area contributed by atoms with E-state index in [0.717, 1.165) is 11.1 Å². The molecule has 1 aliphatic rings. The zero-order valence-corrected chi connectivity index (χ0v) is 11.7. The average molecular weight is 277 g/mol. The number of carboxylic acid groups (broad SMARTS) is 1. The molecule has 0 bridgehead atoms. The van der Waals surface area contributed by atoms with Gasteiger partial charge in [-0.15, -0.1) is 0 Å². The van der Waals surface area contributed by atoms with Crippen molar-refractivity contribution in [1.82, 2.24) is 4.90 Å². The molecule has 1 aliphatic heterocycles. The Balaban J connectivity index is 2.05. The molecule has 5 heteroatoms. The van der Waals surface area contributed by atoms with Crippen LogP contribution in [-0.2, 0) is 20.7 Å². The van der Waals surface area contributed by atoms with Crippen LogP contribution in [0.3, 0.4) is 0 Å². The van der Waals surface area contributed by atoms with Gasteiger partial charge in [0.2, 0.25) is 5.91 Å². The molecule has 1 N–H and O–H groups in total. The molecular weight excluding hydrogens is 258 g/mol. The van der Waals surface area contributed by atoms with Gasteiger partial charge in [-0.3, -0.25) is 4.79 Å². The molecular formula is C15H19NO4. The van der Waals surface area contributed by atoms with Gasteiger partial charge in [-0.05, 0) is 25.0 Å². The van der Waals surface area contributed by atoms with Crippen molar-refractivity contribution < 1.29 is 19.4 Å². The standard InChI is InChI=1S/C15H19NO4/c1-10-5-3-4-6-12(10)7-14(17)16-8-11(2)20-13(9-16)15(18)19/h3-6,11,13H,7-9H2,1-2H3,(H,18,19)/t11-,13+/m1/s1. The van der Waals surface area contributed by atoms with Gasteiger partial charge in [0, 0.05) is 6.54 Å². The number of benzene rings is 1. The predicted octanol–water partition coefficient (Wildman–Crippen LogP) is 1.24. The molecule has 1 aromatic carbocycles. The van der Waals surface area contributed by atoms with E-state index in [1.54, 1.807) is 11.8 Å². The summed E-state index contributed by atoms with van der Waals surface area (Å²) in [6.07, 6.45) is -0.892. The third-order valence-electron chi connectivity index (χ3n) is 3.49. The van der Waals surface area contributed by atoms with Gasteiger partial charge in [0.15, 0.2) is 6.10 Å². The van der Waals surface area contributed by atoms with Crippen LogP contribution < -0.4 is 0 Å². The number of carboxylic acids is 1. The summed E-state index contributed by atoms with van der Waals surface area (Å²) >= 11 is 0. The minimum Gasteiger partial charge on any atom is -0.479 e. The highest BCUT2D eigenvalue weighted by molar-refractivity contribution is 5.81. The summed E-state index contributed by atoms with van der Waals surface area (Å²) in [5.41, 5.74) is 2.04. The van der Waals surface area contributed by atoms with Crippen LogP contribution in [0.4, 0.5) is 0 Å². The van der Waals surface area contributed by atoms with Crippen LogP contribution in [0.15, 0.2) is 24.3 Å². The summed E-state index contributed by atoms with van der Waals surface area (Å²) in [7, 11) is 0. The van der Waals surface area contributed by atoms with E-state index in [1.165, 1.54) is 0 Å². The largest absolute Gasteiger partial charge is 0.479 e. The monoisotopic (exact) mass is 277 g/mol. The van der Waals surface area contributed by atoms with Crippen molar-refractivity contribution in [1.29, 1.82) is 0 Å². The van der Waals surface area contributed by atoms with Crippen molar-refractivity contribution in [2.75, 3.05) is 13.1 Å². The normalized spacial score (nSPS) is 22.6. The predicted molar refractivity (Wildman–Crippen MR) is 73.4 cm³/mol. The Bertz CT molecular complexity index is 514. The van der Waals surface area contributed by atoms with E-state index >= 15 is 0 Å². The van der Waals surface area contributed by atoms with E-state index in [9.17, 15) is 9.59 Å². The van der Waals surface area contributed by atoms with Crippen molar-refractivity contribution in [2.45, 2.75) is 32.5 Å². The number of aryl methyl sites for hydroxylation is 1. The molecule has 108 valence electrons. The summed E-state index contributed by atoms with van der Waals surface area (Å²) in [5.74, 6) is -1.08. The Labute approximate surface area is 118 Å². The lowest BCUT2D eigenvalue weighted by Crippen LogP contribution is -2.52. The second-order valence-corrected chi connectivity index (χ2v) is 5.18. The molecule has 1 aromatic rings. The fourth-order valence-electron chi connectivity index (χ4n) is 2.37. The van der Waals surface area contributed by atoms with Gasteiger partial charge >= 0.3 is 5.97 Å². The summed E-state index contributed by atoms with van der Waals surface area (Å²) < 4.78 is 5.31. The van der Waals surface area contributed by atoms with Gasteiger partial charge < -0.3 is 14.7 Å². The van der Waals surface area contributed by atoms with Crippen molar-refractivity contribution >= 4 is 11.9 Å². The molecule has 0 aromatic heterocycles. The maximum Gasteiger partial charge on any atom is 0.334 e. The van der Waals surface area contributed by atoms with Crippen molar-refractivity contribution in [3.63, 3.8) is 0 Å². The first-order chi connectivity index (χ1) is 9.47. The van der Waals surface area contributed by atoms with Crippen LogP contribution in [0, 0.1) is 6.92 Å². The molecule has 5 nitrogen and oxygen atoms in total. The van der Waals surface area contributed by atoms with E-state index in [1.807, 2.05) is 31.2 Å². The zero-order chi connectivity index (χ0) is 14.7. The molecule has 1 saturated heterocycles. The Kier molecular flexibility index (Phi) is 4.39. The first-order valence-corrected chi connectivity index (χ1v) is 6.68. The van der Waals surface area contributed by atoms with Crippen LogP contribution in [0.5, 0.6) is 0 Å².